The Balaban J connectivity index is 1.50. The maximum Gasteiger partial charge on any atom is 0.416 e. The van der Waals surface area contributed by atoms with E-state index in [9.17, 15) is 23.1 Å². The molecule has 3 aromatic rings. The molecule has 11 heteroatoms. The number of piperidine rings is 1. The number of halogens is 3. The molecule has 1 aromatic carbocycles. The van der Waals surface area contributed by atoms with Crippen LogP contribution in [-0.2, 0) is 10.9 Å². The Labute approximate surface area is 180 Å². The zero-order chi connectivity index (χ0) is 22.5. The zero-order valence-electron chi connectivity index (χ0n) is 16.7. The molecule has 0 unspecified atom stereocenters. The number of aromatic nitrogens is 3. The average Bonchev–Trinajstić information content (AvgIpc) is 3.13. The fourth-order valence-corrected chi connectivity index (χ4v) is 4.20. The summed E-state index contributed by atoms with van der Waals surface area (Å²) in [6, 6.07) is 6.18. The Kier molecular flexibility index (Phi) is 4.57. The van der Waals surface area contributed by atoms with E-state index in [0.29, 0.717) is 55.3 Å². The van der Waals surface area contributed by atoms with E-state index in [0.717, 1.165) is 6.07 Å². The standard InChI is InChI=1S/C21H18F3N5O3/c22-21(23,24)12-3-4-13(15(30)10-12)16-14-2-1-7-25-17(14)18(28-27-16)29-8-5-20(6-9-29)11-32-19(31)26-20/h1-4,7,10,30H,5-6,8-9,11H2,(H,26,31). The number of phenols is 1. The molecule has 0 saturated carbocycles. The molecule has 8 nitrogen and oxygen atoms in total. The second kappa shape index (κ2) is 7.21. The van der Waals surface area contributed by atoms with Crippen LogP contribution >= 0.6 is 0 Å². The Morgan fingerprint density at radius 2 is 1.94 bits per heavy atom. The van der Waals surface area contributed by atoms with Crippen LogP contribution in [0.5, 0.6) is 5.75 Å². The average molecular weight is 445 g/mol. The number of pyridine rings is 1. The summed E-state index contributed by atoms with van der Waals surface area (Å²) < 4.78 is 43.9. The third-order valence-corrected chi connectivity index (χ3v) is 5.97. The van der Waals surface area contributed by atoms with Crippen molar-refractivity contribution in [1.29, 1.82) is 0 Å². The van der Waals surface area contributed by atoms with Crippen molar-refractivity contribution in [2.24, 2.45) is 0 Å². The molecule has 32 heavy (non-hydrogen) atoms. The molecule has 2 aliphatic rings. The number of hydrogen-bond acceptors (Lipinski definition) is 7. The lowest BCUT2D eigenvalue weighted by atomic mass is 9.89. The Hall–Kier alpha value is -3.63. The van der Waals surface area contributed by atoms with Crippen molar-refractivity contribution < 1.29 is 27.8 Å². The number of nitrogens with one attached hydrogen (secondary N) is 1. The fraction of sp³-hybridized carbons (Fsp3) is 0.333. The minimum atomic E-state index is -4.56. The smallest absolute Gasteiger partial charge is 0.416 e. The molecule has 2 aromatic heterocycles. The molecular formula is C21H18F3N5O3. The van der Waals surface area contributed by atoms with Gasteiger partial charge in [0.1, 0.15) is 23.6 Å². The van der Waals surface area contributed by atoms with Gasteiger partial charge in [-0.3, -0.25) is 4.98 Å². The van der Waals surface area contributed by atoms with E-state index in [1.54, 1.807) is 18.3 Å². The van der Waals surface area contributed by atoms with E-state index >= 15 is 0 Å². The van der Waals surface area contributed by atoms with Crippen molar-refractivity contribution in [3.8, 4) is 17.0 Å². The highest BCUT2D eigenvalue weighted by Gasteiger charge is 2.42. The lowest BCUT2D eigenvalue weighted by Crippen LogP contribution is -2.52. The van der Waals surface area contributed by atoms with Crippen molar-refractivity contribution in [2.45, 2.75) is 24.6 Å². The van der Waals surface area contributed by atoms with Crippen LogP contribution in [0, 0.1) is 0 Å². The molecule has 0 atom stereocenters. The predicted molar refractivity (Wildman–Crippen MR) is 108 cm³/mol. The molecule has 1 spiro atoms. The van der Waals surface area contributed by atoms with Gasteiger partial charge in [0.05, 0.1) is 11.1 Å². The van der Waals surface area contributed by atoms with E-state index in [2.05, 4.69) is 20.5 Å². The summed E-state index contributed by atoms with van der Waals surface area (Å²) >= 11 is 0. The number of nitrogens with zero attached hydrogens (tertiary/aromatic N) is 4. The SMILES string of the molecule is O=C1NC2(CCN(c3nnc(-c4ccc(C(F)(F)F)cc4O)c4cccnc34)CC2)CO1. The normalized spacial score (nSPS) is 18.1. The molecule has 4 heterocycles. The first-order valence-electron chi connectivity index (χ1n) is 9.98. The molecule has 166 valence electrons. The van der Waals surface area contributed by atoms with Crippen LogP contribution in [-0.4, -0.2) is 51.6 Å². The number of rotatable bonds is 2. The summed E-state index contributed by atoms with van der Waals surface area (Å²) in [5, 5.41) is 22.3. The Bertz CT molecular complexity index is 1210. The van der Waals surface area contributed by atoms with Crippen molar-refractivity contribution in [3.05, 3.63) is 42.1 Å². The first-order chi connectivity index (χ1) is 15.3. The van der Waals surface area contributed by atoms with E-state index in [-0.39, 0.29) is 16.8 Å². The first kappa shape index (κ1) is 20.3. The number of alkyl halides is 3. The van der Waals surface area contributed by atoms with E-state index in [1.807, 2.05) is 4.90 Å². The van der Waals surface area contributed by atoms with Crippen LogP contribution in [0.2, 0.25) is 0 Å². The number of carbonyl (C=O) groups is 1. The molecule has 2 aliphatic heterocycles. The summed E-state index contributed by atoms with van der Waals surface area (Å²) in [6.07, 6.45) is -2.05. The second-order valence-corrected chi connectivity index (χ2v) is 7.97. The molecule has 0 aliphatic carbocycles. The van der Waals surface area contributed by atoms with Gasteiger partial charge in [-0.15, -0.1) is 10.2 Å². The maximum atomic E-state index is 13.0. The van der Waals surface area contributed by atoms with Crippen molar-refractivity contribution >= 4 is 22.8 Å². The predicted octanol–water partition coefficient (Wildman–Crippen LogP) is 3.50. The minimum absolute atomic E-state index is 0.137. The van der Waals surface area contributed by atoms with Gasteiger partial charge in [0.15, 0.2) is 5.82 Å². The lowest BCUT2D eigenvalue weighted by Gasteiger charge is -2.38. The quantitative estimate of drug-likeness (QED) is 0.623. The highest BCUT2D eigenvalue weighted by Crippen LogP contribution is 2.39. The first-order valence-corrected chi connectivity index (χ1v) is 9.98. The fourth-order valence-electron chi connectivity index (χ4n) is 4.20. The summed E-state index contributed by atoms with van der Waals surface area (Å²) in [5.74, 6) is -0.000222. The third-order valence-electron chi connectivity index (χ3n) is 5.97. The highest BCUT2D eigenvalue weighted by molar-refractivity contribution is 5.98. The third kappa shape index (κ3) is 3.43. The van der Waals surface area contributed by atoms with Gasteiger partial charge in [-0.25, -0.2) is 4.79 Å². The number of hydrogen-bond donors (Lipinski definition) is 2. The minimum Gasteiger partial charge on any atom is -0.507 e. The number of carbonyl (C=O) groups excluding carboxylic acids is 1. The van der Waals surface area contributed by atoms with Crippen molar-refractivity contribution in [3.63, 3.8) is 0 Å². The van der Waals surface area contributed by atoms with E-state index in [1.165, 1.54) is 6.07 Å². The number of ether oxygens (including phenoxy) is 1. The van der Waals surface area contributed by atoms with Gasteiger partial charge in [-0.2, -0.15) is 13.2 Å². The molecule has 2 N–H and O–H groups in total. The molecule has 0 radical (unpaired) electrons. The molecule has 2 saturated heterocycles. The number of phenolic OH excluding ortho intramolecular Hbond substituents is 1. The van der Waals surface area contributed by atoms with Gasteiger partial charge >= 0.3 is 12.3 Å². The van der Waals surface area contributed by atoms with Crippen LogP contribution in [0.25, 0.3) is 22.2 Å². The van der Waals surface area contributed by atoms with Crippen LogP contribution in [0.1, 0.15) is 18.4 Å². The van der Waals surface area contributed by atoms with E-state index < -0.39 is 23.6 Å². The molecule has 5 rings (SSSR count). The van der Waals surface area contributed by atoms with E-state index in [4.69, 9.17) is 4.74 Å². The van der Waals surface area contributed by atoms with Gasteiger partial charge in [0, 0.05) is 30.2 Å². The maximum absolute atomic E-state index is 13.0. The van der Waals surface area contributed by atoms with Gasteiger partial charge in [-0.05, 0) is 43.2 Å². The van der Waals surface area contributed by atoms with Crippen LogP contribution in [0.4, 0.5) is 23.8 Å². The highest BCUT2D eigenvalue weighted by atomic mass is 19.4. The van der Waals surface area contributed by atoms with Crippen LogP contribution < -0.4 is 10.2 Å². The Morgan fingerprint density at radius 3 is 2.59 bits per heavy atom. The molecular weight excluding hydrogens is 427 g/mol. The number of benzene rings is 1. The molecule has 2 fully saturated rings. The summed E-state index contributed by atoms with van der Waals surface area (Å²) in [4.78, 5) is 17.9. The zero-order valence-corrected chi connectivity index (χ0v) is 16.7. The van der Waals surface area contributed by atoms with Crippen molar-refractivity contribution in [1.82, 2.24) is 20.5 Å². The number of cyclic esters (lactones) is 1. The second-order valence-electron chi connectivity index (χ2n) is 7.97. The topological polar surface area (TPSA) is 100 Å². The summed E-state index contributed by atoms with van der Waals surface area (Å²) in [5.41, 5.74) is -0.419. The van der Waals surface area contributed by atoms with Crippen LogP contribution in [0.3, 0.4) is 0 Å². The number of alkyl carbamates (subject to hydrolysis) is 1. The van der Waals surface area contributed by atoms with Gasteiger partial charge < -0.3 is 20.1 Å². The molecule has 0 bridgehead atoms. The number of anilines is 1. The largest absolute Gasteiger partial charge is 0.507 e. The Morgan fingerprint density at radius 1 is 1.16 bits per heavy atom. The number of amides is 1. The van der Waals surface area contributed by atoms with Gasteiger partial charge in [-0.1, -0.05) is 0 Å². The lowest BCUT2D eigenvalue weighted by molar-refractivity contribution is -0.137. The van der Waals surface area contributed by atoms with Crippen LogP contribution in [0.15, 0.2) is 36.5 Å². The van der Waals surface area contributed by atoms with Crippen molar-refractivity contribution in [2.75, 3.05) is 24.6 Å². The summed E-state index contributed by atoms with van der Waals surface area (Å²) in [7, 11) is 0. The molecule has 1 amide bonds. The number of fused-ring (bicyclic) bond motifs is 1. The van der Waals surface area contributed by atoms with Gasteiger partial charge in [0.25, 0.3) is 0 Å². The monoisotopic (exact) mass is 445 g/mol. The van der Waals surface area contributed by atoms with Gasteiger partial charge in [0.2, 0.25) is 0 Å². The summed E-state index contributed by atoms with van der Waals surface area (Å²) in [6.45, 7) is 1.51. The number of aromatic hydroxyl groups is 1.